The Hall–Kier alpha value is -1.08. The topological polar surface area (TPSA) is 0 Å². The lowest BCUT2D eigenvalue weighted by Gasteiger charge is -2.05. The van der Waals surface area contributed by atoms with Crippen LogP contribution in [0.4, 0.5) is 0 Å². The van der Waals surface area contributed by atoms with Gasteiger partial charge >= 0.3 is 0 Å². The van der Waals surface area contributed by atoms with Crippen molar-refractivity contribution < 1.29 is 0 Å². The van der Waals surface area contributed by atoms with E-state index in [1.165, 1.54) is 16.7 Å². The number of benzene rings is 2. The first kappa shape index (κ1) is 11.4. The molecule has 0 aromatic heterocycles. The standard InChI is InChI=1S/C15H14Br/c1-2-5-12-8-10-13(11-9-12)14-6-3-4-7-15(14)16/h3-4,6-11H,1-2,5H2. The molecule has 0 atom stereocenters. The summed E-state index contributed by atoms with van der Waals surface area (Å²) in [6, 6.07) is 17.0. The van der Waals surface area contributed by atoms with E-state index in [0.29, 0.717) is 0 Å². The summed E-state index contributed by atoms with van der Waals surface area (Å²) in [4.78, 5) is 0. The largest absolute Gasteiger partial charge is 0.0616 e. The molecule has 0 aliphatic carbocycles. The normalized spacial score (nSPS) is 10.4. The first-order chi connectivity index (χ1) is 7.81. The molecule has 0 heterocycles. The predicted molar refractivity (Wildman–Crippen MR) is 73.3 cm³/mol. The van der Waals surface area contributed by atoms with Gasteiger partial charge in [0.1, 0.15) is 0 Å². The van der Waals surface area contributed by atoms with Crippen LogP contribution in [0.3, 0.4) is 0 Å². The van der Waals surface area contributed by atoms with E-state index in [1.54, 1.807) is 0 Å². The predicted octanol–water partition coefficient (Wildman–Crippen LogP) is 4.88. The molecule has 0 aliphatic heterocycles. The molecule has 0 spiro atoms. The zero-order valence-electron chi connectivity index (χ0n) is 9.12. The van der Waals surface area contributed by atoms with Crippen LogP contribution >= 0.6 is 15.9 Å². The van der Waals surface area contributed by atoms with Gasteiger partial charge in [-0.25, -0.2) is 0 Å². The summed E-state index contributed by atoms with van der Waals surface area (Å²) in [5.74, 6) is 0. The van der Waals surface area contributed by atoms with E-state index < -0.39 is 0 Å². The quantitative estimate of drug-likeness (QED) is 0.748. The third kappa shape index (κ3) is 2.53. The first-order valence-electron chi connectivity index (χ1n) is 5.44. The fourth-order valence-corrected chi connectivity index (χ4v) is 2.26. The average molecular weight is 274 g/mol. The van der Waals surface area contributed by atoms with Gasteiger partial charge < -0.3 is 0 Å². The summed E-state index contributed by atoms with van der Waals surface area (Å²) in [5.41, 5.74) is 3.84. The Morgan fingerprint density at radius 1 is 0.938 bits per heavy atom. The van der Waals surface area contributed by atoms with E-state index in [9.17, 15) is 0 Å². The van der Waals surface area contributed by atoms with E-state index in [2.05, 4.69) is 65.3 Å². The van der Waals surface area contributed by atoms with Gasteiger partial charge in [0.2, 0.25) is 0 Å². The molecule has 0 saturated carbocycles. The van der Waals surface area contributed by atoms with Crippen molar-refractivity contribution in [3.63, 3.8) is 0 Å². The second-order valence-electron chi connectivity index (χ2n) is 3.78. The van der Waals surface area contributed by atoms with Crippen molar-refractivity contribution in [2.75, 3.05) is 0 Å². The Balaban J connectivity index is 2.31. The highest BCUT2D eigenvalue weighted by Gasteiger charge is 2.01. The van der Waals surface area contributed by atoms with E-state index in [-0.39, 0.29) is 0 Å². The van der Waals surface area contributed by atoms with Crippen molar-refractivity contribution in [3.05, 3.63) is 65.5 Å². The minimum Gasteiger partial charge on any atom is -0.0616 e. The van der Waals surface area contributed by atoms with Gasteiger partial charge in [0, 0.05) is 4.47 Å². The van der Waals surface area contributed by atoms with E-state index >= 15 is 0 Å². The van der Waals surface area contributed by atoms with Crippen LogP contribution in [-0.2, 0) is 6.42 Å². The van der Waals surface area contributed by atoms with Crippen LogP contribution < -0.4 is 0 Å². The van der Waals surface area contributed by atoms with Crippen molar-refractivity contribution in [1.29, 1.82) is 0 Å². The van der Waals surface area contributed by atoms with Gasteiger partial charge in [-0.1, -0.05) is 65.3 Å². The molecule has 16 heavy (non-hydrogen) atoms. The molecule has 0 N–H and O–H groups in total. The van der Waals surface area contributed by atoms with Crippen LogP contribution in [0, 0.1) is 6.92 Å². The zero-order valence-corrected chi connectivity index (χ0v) is 10.7. The maximum atomic E-state index is 3.87. The lowest BCUT2D eigenvalue weighted by molar-refractivity contribution is 1.000. The summed E-state index contributed by atoms with van der Waals surface area (Å²) in [6.07, 6.45) is 2.00. The summed E-state index contributed by atoms with van der Waals surface area (Å²) < 4.78 is 1.14. The summed E-state index contributed by atoms with van der Waals surface area (Å²) in [7, 11) is 0. The number of rotatable bonds is 3. The molecule has 1 radical (unpaired) electrons. The van der Waals surface area contributed by atoms with Crippen LogP contribution in [0.25, 0.3) is 11.1 Å². The van der Waals surface area contributed by atoms with Gasteiger partial charge in [-0.15, -0.1) is 0 Å². The van der Waals surface area contributed by atoms with Crippen molar-refractivity contribution in [2.45, 2.75) is 12.8 Å². The van der Waals surface area contributed by atoms with Crippen molar-refractivity contribution in [1.82, 2.24) is 0 Å². The lowest BCUT2D eigenvalue weighted by Crippen LogP contribution is -1.84. The third-order valence-electron chi connectivity index (χ3n) is 2.60. The van der Waals surface area contributed by atoms with Crippen LogP contribution in [0.5, 0.6) is 0 Å². The molecule has 2 rings (SSSR count). The molecule has 0 amide bonds. The monoisotopic (exact) mass is 273 g/mol. The third-order valence-corrected chi connectivity index (χ3v) is 3.30. The van der Waals surface area contributed by atoms with Crippen LogP contribution in [0.2, 0.25) is 0 Å². The molecule has 2 aromatic rings. The molecule has 1 heteroatoms. The van der Waals surface area contributed by atoms with Gasteiger partial charge in [-0.2, -0.15) is 0 Å². The summed E-state index contributed by atoms with van der Waals surface area (Å²) in [5, 5.41) is 0. The van der Waals surface area contributed by atoms with Crippen molar-refractivity contribution >= 4 is 15.9 Å². The highest BCUT2D eigenvalue weighted by Crippen LogP contribution is 2.27. The Kier molecular flexibility index (Phi) is 3.79. The molecule has 0 nitrogen and oxygen atoms in total. The lowest BCUT2D eigenvalue weighted by atomic mass is 10.0. The Labute approximate surface area is 105 Å². The minimum absolute atomic E-state index is 0.953. The number of aryl methyl sites for hydroxylation is 1. The highest BCUT2D eigenvalue weighted by molar-refractivity contribution is 9.10. The first-order valence-corrected chi connectivity index (χ1v) is 6.23. The zero-order chi connectivity index (χ0) is 11.4. The van der Waals surface area contributed by atoms with Gasteiger partial charge in [0.15, 0.2) is 0 Å². The number of hydrogen-bond acceptors (Lipinski definition) is 0. The molecular weight excluding hydrogens is 260 g/mol. The van der Waals surface area contributed by atoms with Crippen molar-refractivity contribution in [2.24, 2.45) is 0 Å². The summed E-state index contributed by atoms with van der Waals surface area (Å²) in [6.45, 7) is 3.87. The molecule has 0 unspecified atom stereocenters. The van der Waals surface area contributed by atoms with Gasteiger partial charge in [0.05, 0.1) is 0 Å². The van der Waals surface area contributed by atoms with E-state index in [1.807, 2.05) is 6.07 Å². The fourth-order valence-electron chi connectivity index (χ4n) is 1.75. The van der Waals surface area contributed by atoms with Gasteiger partial charge in [-0.05, 0) is 35.6 Å². The highest BCUT2D eigenvalue weighted by atomic mass is 79.9. The van der Waals surface area contributed by atoms with Crippen LogP contribution in [-0.4, -0.2) is 0 Å². The summed E-state index contributed by atoms with van der Waals surface area (Å²) >= 11 is 3.57. The SMILES string of the molecule is [CH2]CCc1ccc(-c2ccccc2Br)cc1. The molecule has 0 aliphatic rings. The molecule has 2 aromatic carbocycles. The van der Waals surface area contributed by atoms with Crippen LogP contribution in [0.1, 0.15) is 12.0 Å². The second-order valence-corrected chi connectivity index (χ2v) is 4.63. The molecule has 0 fully saturated rings. The van der Waals surface area contributed by atoms with Gasteiger partial charge in [-0.3, -0.25) is 0 Å². The fraction of sp³-hybridized carbons (Fsp3) is 0.133. The Morgan fingerprint density at radius 2 is 1.62 bits per heavy atom. The second kappa shape index (κ2) is 5.31. The smallest absolute Gasteiger partial charge is 0.0253 e. The van der Waals surface area contributed by atoms with Crippen molar-refractivity contribution in [3.8, 4) is 11.1 Å². The Morgan fingerprint density at radius 3 is 2.25 bits per heavy atom. The van der Waals surface area contributed by atoms with E-state index in [4.69, 9.17) is 0 Å². The number of hydrogen-bond donors (Lipinski definition) is 0. The van der Waals surface area contributed by atoms with Crippen LogP contribution in [0.15, 0.2) is 53.0 Å². The molecule has 81 valence electrons. The molecular formula is C15H14Br. The minimum atomic E-state index is 0.953. The molecule has 0 saturated heterocycles. The average Bonchev–Trinajstić information content (AvgIpc) is 2.31. The maximum Gasteiger partial charge on any atom is 0.0253 e. The molecule has 0 bridgehead atoms. The van der Waals surface area contributed by atoms with Gasteiger partial charge in [0.25, 0.3) is 0 Å². The number of halogens is 1. The Bertz CT molecular complexity index is 457. The maximum absolute atomic E-state index is 3.87. The van der Waals surface area contributed by atoms with E-state index in [0.717, 1.165) is 17.3 Å².